The van der Waals surface area contributed by atoms with Gasteiger partial charge in [-0.15, -0.1) is 0 Å². The summed E-state index contributed by atoms with van der Waals surface area (Å²) in [4.78, 5) is 0. The Balaban J connectivity index is 2.48. The van der Waals surface area contributed by atoms with Gasteiger partial charge in [-0.05, 0) is 37.0 Å². The first kappa shape index (κ1) is 12.0. The topological polar surface area (TPSA) is 49.7 Å². The van der Waals surface area contributed by atoms with Gasteiger partial charge in [-0.1, -0.05) is 12.1 Å². The average molecular weight is 210 g/mol. The second kappa shape index (κ2) is 6.43. The number of rotatable bonds is 6. The van der Waals surface area contributed by atoms with Gasteiger partial charge in [0, 0.05) is 6.61 Å². The Morgan fingerprint density at radius 3 is 2.87 bits per heavy atom. The smallest absolute Gasteiger partial charge is 0.119 e. The molecule has 0 aliphatic carbocycles. The molecule has 0 spiro atoms. The minimum absolute atomic E-state index is 0.134. The molecule has 3 nitrogen and oxygen atoms in total. The highest BCUT2D eigenvalue weighted by Gasteiger charge is 2.05. The van der Waals surface area contributed by atoms with Crippen molar-refractivity contribution in [1.82, 2.24) is 0 Å². The van der Waals surface area contributed by atoms with E-state index in [9.17, 15) is 5.11 Å². The molecular weight excluding hydrogens is 192 g/mol. The third-order valence-corrected chi connectivity index (χ3v) is 2.30. The van der Waals surface area contributed by atoms with Crippen molar-refractivity contribution in [1.29, 1.82) is 0 Å². The summed E-state index contributed by atoms with van der Waals surface area (Å²) in [7, 11) is 1.63. The monoisotopic (exact) mass is 210 g/mol. The Bertz CT molecular complexity index is 286. The van der Waals surface area contributed by atoms with Crippen LogP contribution in [0.2, 0.25) is 0 Å². The van der Waals surface area contributed by atoms with E-state index in [1.807, 2.05) is 24.3 Å². The maximum Gasteiger partial charge on any atom is 0.119 e. The molecule has 0 bridgehead atoms. The molecule has 0 saturated carbocycles. The highest BCUT2D eigenvalue weighted by Crippen LogP contribution is 2.15. The lowest BCUT2D eigenvalue weighted by Gasteiger charge is -2.10. The minimum Gasteiger partial charge on any atom is -0.497 e. The van der Waals surface area contributed by atoms with E-state index in [-0.39, 0.29) is 12.7 Å². The number of aliphatic hydroxyl groups excluding tert-OH is 2. The molecular formula is C12H18O3. The van der Waals surface area contributed by atoms with Crippen LogP contribution in [0.25, 0.3) is 0 Å². The first-order valence-corrected chi connectivity index (χ1v) is 5.18. The van der Waals surface area contributed by atoms with Crippen LogP contribution in [-0.4, -0.2) is 30.0 Å². The second-order valence-electron chi connectivity index (χ2n) is 3.58. The molecule has 1 aromatic rings. The first-order valence-electron chi connectivity index (χ1n) is 5.18. The van der Waals surface area contributed by atoms with E-state index >= 15 is 0 Å². The Morgan fingerprint density at radius 1 is 1.40 bits per heavy atom. The van der Waals surface area contributed by atoms with Crippen molar-refractivity contribution in [3.05, 3.63) is 29.8 Å². The highest BCUT2D eigenvalue weighted by molar-refractivity contribution is 5.28. The van der Waals surface area contributed by atoms with Gasteiger partial charge in [-0.2, -0.15) is 0 Å². The molecule has 0 saturated heterocycles. The van der Waals surface area contributed by atoms with E-state index in [2.05, 4.69) is 0 Å². The van der Waals surface area contributed by atoms with Gasteiger partial charge < -0.3 is 14.9 Å². The van der Waals surface area contributed by atoms with Gasteiger partial charge in [-0.3, -0.25) is 0 Å². The fraction of sp³-hybridized carbons (Fsp3) is 0.500. The van der Waals surface area contributed by atoms with Crippen molar-refractivity contribution in [3.8, 4) is 5.75 Å². The van der Waals surface area contributed by atoms with Crippen molar-refractivity contribution in [3.63, 3.8) is 0 Å². The molecule has 1 rings (SSSR count). The third kappa shape index (κ3) is 4.32. The first-order chi connectivity index (χ1) is 7.26. The van der Waals surface area contributed by atoms with E-state index < -0.39 is 0 Å². The molecule has 0 aliphatic rings. The number of benzene rings is 1. The summed E-state index contributed by atoms with van der Waals surface area (Å²) in [6.07, 6.45) is 1.50. The van der Waals surface area contributed by atoms with Crippen LogP contribution in [0.3, 0.4) is 0 Å². The molecule has 3 heteroatoms. The molecule has 84 valence electrons. The fourth-order valence-electron chi connectivity index (χ4n) is 1.50. The SMILES string of the molecule is COc1cccc(CC(O)CCCO)c1. The predicted octanol–water partition coefficient (Wildman–Crippen LogP) is 1.37. The minimum atomic E-state index is -0.385. The summed E-state index contributed by atoms with van der Waals surface area (Å²) in [5, 5.41) is 18.3. The Kier molecular flexibility index (Phi) is 5.15. The normalized spacial score (nSPS) is 12.5. The molecule has 0 aromatic heterocycles. The molecule has 1 atom stereocenters. The van der Waals surface area contributed by atoms with Crippen molar-refractivity contribution in [2.75, 3.05) is 13.7 Å². The zero-order valence-corrected chi connectivity index (χ0v) is 9.02. The van der Waals surface area contributed by atoms with Crippen molar-refractivity contribution >= 4 is 0 Å². The molecule has 0 fully saturated rings. The van der Waals surface area contributed by atoms with Gasteiger partial charge in [0.25, 0.3) is 0 Å². The molecule has 0 heterocycles. The van der Waals surface area contributed by atoms with E-state index in [0.717, 1.165) is 11.3 Å². The predicted molar refractivity (Wildman–Crippen MR) is 59.0 cm³/mol. The van der Waals surface area contributed by atoms with Crippen LogP contribution in [0.5, 0.6) is 5.75 Å². The number of aliphatic hydroxyl groups is 2. The maximum atomic E-state index is 9.65. The van der Waals surface area contributed by atoms with Crippen LogP contribution < -0.4 is 4.74 Å². The summed E-state index contributed by atoms with van der Waals surface area (Å²) in [5.41, 5.74) is 1.06. The van der Waals surface area contributed by atoms with E-state index in [0.29, 0.717) is 19.3 Å². The van der Waals surface area contributed by atoms with Gasteiger partial charge in [0.1, 0.15) is 5.75 Å². The van der Waals surface area contributed by atoms with E-state index in [1.165, 1.54) is 0 Å². The van der Waals surface area contributed by atoms with E-state index in [1.54, 1.807) is 7.11 Å². The molecule has 1 aromatic carbocycles. The molecule has 15 heavy (non-hydrogen) atoms. The zero-order valence-electron chi connectivity index (χ0n) is 9.02. The van der Waals surface area contributed by atoms with Gasteiger partial charge in [0.05, 0.1) is 13.2 Å². The summed E-state index contributed by atoms with van der Waals surface area (Å²) in [6.45, 7) is 0.134. The highest BCUT2D eigenvalue weighted by atomic mass is 16.5. The summed E-state index contributed by atoms with van der Waals surface area (Å²) in [5.74, 6) is 0.807. The average Bonchev–Trinajstić information content (AvgIpc) is 2.26. The summed E-state index contributed by atoms with van der Waals surface area (Å²) in [6, 6.07) is 7.67. The van der Waals surface area contributed by atoms with Gasteiger partial charge in [-0.25, -0.2) is 0 Å². The van der Waals surface area contributed by atoms with Crippen LogP contribution in [0.15, 0.2) is 24.3 Å². The van der Waals surface area contributed by atoms with Crippen LogP contribution in [-0.2, 0) is 6.42 Å². The zero-order chi connectivity index (χ0) is 11.1. The van der Waals surface area contributed by atoms with Crippen LogP contribution >= 0.6 is 0 Å². The Labute approximate surface area is 90.3 Å². The standard InChI is InChI=1S/C12H18O3/c1-15-12-6-2-4-10(9-12)8-11(14)5-3-7-13/h2,4,6,9,11,13-14H,3,5,7-8H2,1H3. The quantitative estimate of drug-likeness (QED) is 0.745. The number of methoxy groups -OCH3 is 1. The van der Waals surface area contributed by atoms with Crippen molar-refractivity contribution in [2.45, 2.75) is 25.4 Å². The lowest BCUT2D eigenvalue weighted by atomic mass is 10.0. The molecule has 0 aliphatic heterocycles. The molecule has 2 N–H and O–H groups in total. The maximum absolute atomic E-state index is 9.65. The van der Waals surface area contributed by atoms with Crippen molar-refractivity contribution < 1.29 is 14.9 Å². The number of hydrogen-bond donors (Lipinski definition) is 2. The van der Waals surface area contributed by atoms with Gasteiger partial charge >= 0.3 is 0 Å². The molecule has 0 amide bonds. The lowest BCUT2D eigenvalue weighted by molar-refractivity contribution is 0.150. The van der Waals surface area contributed by atoms with Crippen LogP contribution in [0.1, 0.15) is 18.4 Å². The summed E-state index contributed by atoms with van der Waals surface area (Å²) >= 11 is 0. The fourth-order valence-corrected chi connectivity index (χ4v) is 1.50. The van der Waals surface area contributed by atoms with Crippen LogP contribution in [0, 0.1) is 0 Å². The number of ether oxygens (including phenoxy) is 1. The lowest BCUT2D eigenvalue weighted by Crippen LogP contribution is -2.11. The van der Waals surface area contributed by atoms with Gasteiger partial charge in [0.2, 0.25) is 0 Å². The Morgan fingerprint density at radius 2 is 2.20 bits per heavy atom. The van der Waals surface area contributed by atoms with E-state index in [4.69, 9.17) is 9.84 Å². The molecule has 0 radical (unpaired) electrons. The Hall–Kier alpha value is -1.06. The number of hydrogen-bond acceptors (Lipinski definition) is 3. The third-order valence-electron chi connectivity index (χ3n) is 2.30. The molecule has 1 unspecified atom stereocenters. The van der Waals surface area contributed by atoms with Gasteiger partial charge in [0.15, 0.2) is 0 Å². The van der Waals surface area contributed by atoms with Crippen molar-refractivity contribution in [2.24, 2.45) is 0 Å². The second-order valence-corrected chi connectivity index (χ2v) is 3.58. The summed E-state index contributed by atoms with van der Waals surface area (Å²) < 4.78 is 5.10. The van der Waals surface area contributed by atoms with Crippen LogP contribution in [0.4, 0.5) is 0 Å². The largest absolute Gasteiger partial charge is 0.497 e.